The number of carbonyl (C=O) groups excluding carboxylic acids is 1. The first-order valence-corrected chi connectivity index (χ1v) is 10.4. The molecule has 0 aromatic heterocycles. The molecule has 0 unspecified atom stereocenters. The molecule has 0 bridgehead atoms. The van der Waals surface area contributed by atoms with Crippen LogP contribution in [0.2, 0.25) is 0 Å². The maximum atomic E-state index is 12.9. The van der Waals surface area contributed by atoms with Crippen LogP contribution in [0.15, 0.2) is 23.1 Å². The number of sulfone groups is 1. The van der Waals surface area contributed by atoms with Crippen LogP contribution in [0.3, 0.4) is 0 Å². The molecule has 2 aliphatic rings. The molecule has 0 atom stereocenters. The number of carbonyl (C=O) groups is 1. The van der Waals surface area contributed by atoms with Gasteiger partial charge >= 0.3 is 0 Å². The predicted octanol–water partition coefficient (Wildman–Crippen LogP) is 2.79. The van der Waals surface area contributed by atoms with Crippen LogP contribution in [-0.2, 0) is 14.6 Å². The third kappa shape index (κ3) is 4.09. The van der Waals surface area contributed by atoms with Gasteiger partial charge in [0.1, 0.15) is 0 Å². The van der Waals surface area contributed by atoms with Gasteiger partial charge in [0.05, 0.1) is 16.7 Å². The van der Waals surface area contributed by atoms with Crippen LogP contribution in [0, 0.1) is 6.92 Å². The first-order chi connectivity index (χ1) is 11.5. The summed E-state index contributed by atoms with van der Waals surface area (Å²) in [6.45, 7) is 2.00. The highest BCUT2D eigenvalue weighted by atomic mass is 32.2. The van der Waals surface area contributed by atoms with E-state index in [0.717, 1.165) is 50.5 Å². The minimum atomic E-state index is -3.30. The van der Waals surface area contributed by atoms with Gasteiger partial charge < -0.3 is 10.6 Å². The fourth-order valence-electron chi connectivity index (χ4n) is 3.26. The van der Waals surface area contributed by atoms with E-state index in [2.05, 4.69) is 10.6 Å². The van der Waals surface area contributed by atoms with Gasteiger partial charge in [-0.05, 0) is 50.3 Å². The van der Waals surface area contributed by atoms with E-state index in [-0.39, 0.29) is 17.7 Å². The van der Waals surface area contributed by atoms with Gasteiger partial charge in [0.15, 0.2) is 9.84 Å². The normalized spacial score (nSPS) is 19.0. The van der Waals surface area contributed by atoms with Gasteiger partial charge in [0.2, 0.25) is 5.91 Å². The minimum absolute atomic E-state index is 0.0465. The molecule has 6 heteroatoms. The number of nitrogens with one attached hydrogen (secondary N) is 2. The van der Waals surface area contributed by atoms with E-state index in [4.69, 9.17) is 0 Å². The van der Waals surface area contributed by atoms with Crippen molar-refractivity contribution in [2.24, 2.45) is 0 Å². The first kappa shape index (κ1) is 17.3. The van der Waals surface area contributed by atoms with Crippen LogP contribution in [0.25, 0.3) is 0 Å². The van der Waals surface area contributed by atoms with Crippen LogP contribution in [0.5, 0.6) is 0 Å². The SMILES string of the molecule is Cc1ccc(NCC(=O)NC2CC2)cc1S(=O)(=O)C1CCCCC1. The van der Waals surface area contributed by atoms with Gasteiger partial charge in [-0.25, -0.2) is 8.42 Å². The summed E-state index contributed by atoms with van der Waals surface area (Å²) in [6.07, 6.45) is 6.72. The van der Waals surface area contributed by atoms with E-state index in [1.165, 1.54) is 0 Å². The van der Waals surface area contributed by atoms with Crippen molar-refractivity contribution in [3.63, 3.8) is 0 Å². The molecule has 2 saturated carbocycles. The van der Waals surface area contributed by atoms with E-state index in [1.54, 1.807) is 6.07 Å². The molecule has 1 amide bonds. The highest BCUT2D eigenvalue weighted by Gasteiger charge is 2.30. The van der Waals surface area contributed by atoms with E-state index in [0.29, 0.717) is 16.6 Å². The molecule has 5 nitrogen and oxygen atoms in total. The van der Waals surface area contributed by atoms with Crippen molar-refractivity contribution in [1.82, 2.24) is 5.32 Å². The minimum Gasteiger partial charge on any atom is -0.376 e. The predicted molar refractivity (Wildman–Crippen MR) is 94.9 cm³/mol. The van der Waals surface area contributed by atoms with Crippen molar-refractivity contribution >= 4 is 21.4 Å². The van der Waals surface area contributed by atoms with Gasteiger partial charge in [0, 0.05) is 11.7 Å². The third-order valence-corrected chi connectivity index (χ3v) is 7.28. The van der Waals surface area contributed by atoms with Gasteiger partial charge in [0.25, 0.3) is 0 Å². The summed E-state index contributed by atoms with van der Waals surface area (Å²) in [5.41, 5.74) is 1.45. The quantitative estimate of drug-likeness (QED) is 0.827. The largest absolute Gasteiger partial charge is 0.376 e. The zero-order valence-corrected chi connectivity index (χ0v) is 15.0. The Morgan fingerprint density at radius 3 is 2.50 bits per heavy atom. The standard InChI is InChI=1S/C18H26N2O3S/c1-13-7-8-15(19-12-18(21)20-14-9-10-14)11-17(13)24(22,23)16-5-3-2-4-6-16/h7-8,11,14,16,19H,2-6,9-10,12H2,1H3,(H,20,21). The fraction of sp³-hybridized carbons (Fsp3) is 0.611. The van der Waals surface area contributed by atoms with Crippen molar-refractivity contribution in [3.8, 4) is 0 Å². The average Bonchev–Trinajstić information content (AvgIpc) is 3.38. The zero-order chi connectivity index (χ0) is 17.2. The van der Waals surface area contributed by atoms with Gasteiger partial charge in [-0.2, -0.15) is 0 Å². The molecule has 0 heterocycles. The van der Waals surface area contributed by atoms with Crippen molar-refractivity contribution in [1.29, 1.82) is 0 Å². The van der Waals surface area contributed by atoms with Gasteiger partial charge in [-0.1, -0.05) is 25.3 Å². The summed E-state index contributed by atoms with van der Waals surface area (Å²) in [6, 6.07) is 5.67. The Bertz CT molecular complexity index is 705. The molecule has 0 radical (unpaired) electrons. The van der Waals surface area contributed by atoms with Gasteiger partial charge in [-0.15, -0.1) is 0 Å². The van der Waals surface area contributed by atoms with Crippen LogP contribution in [0.1, 0.15) is 50.5 Å². The van der Waals surface area contributed by atoms with Crippen molar-refractivity contribution < 1.29 is 13.2 Å². The number of benzene rings is 1. The Hall–Kier alpha value is -1.56. The van der Waals surface area contributed by atoms with Crippen molar-refractivity contribution in [2.45, 2.75) is 68.1 Å². The first-order valence-electron chi connectivity index (χ1n) is 8.84. The number of anilines is 1. The lowest BCUT2D eigenvalue weighted by Crippen LogP contribution is -2.31. The Morgan fingerprint density at radius 1 is 1.12 bits per heavy atom. The second-order valence-corrected chi connectivity index (χ2v) is 9.18. The fourth-order valence-corrected chi connectivity index (χ4v) is 5.38. The lowest BCUT2D eigenvalue weighted by molar-refractivity contribution is -0.119. The molecule has 2 aliphatic carbocycles. The van der Waals surface area contributed by atoms with Crippen LogP contribution in [0.4, 0.5) is 5.69 Å². The lowest BCUT2D eigenvalue weighted by Gasteiger charge is -2.23. The topological polar surface area (TPSA) is 75.3 Å². The van der Waals surface area contributed by atoms with E-state index >= 15 is 0 Å². The van der Waals surface area contributed by atoms with Crippen LogP contribution >= 0.6 is 0 Å². The molecule has 1 aromatic rings. The summed E-state index contributed by atoms with van der Waals surface area (Å²) in [5.74, 6) is -0.0465. The number of aryl methyl sites for hydroxylation is 1. The maximum Gasteiger partial charge on any atom is 0.239 e. The van der Waals surface area contributed by atoms with E-state index in [9.17, 15) is 13.2 Å². The summed E-state index contributed by atoms with van der Waals surface area (Å²) in [7, 11) is -3.30. The number of rotatable bonds is 6. The summed E-state index contributed by atoms with van der Waals surface area (Å²) < 4.78 is 25.9. The van der Waals surface area contributed by atoms with E-state index < -0.39 is 9.84 Å². The van der Waals surface area contributed by atoms with Crippen LogP contribution in [-0.4, -0.2) is 32.2 Å². The second kappa shape index (κ2) is 7.13. The monoisotopic (exact) mass is 350 g/mol. The number of hydrogen-bond acceptors (Lipinski definition) is 4. The van der Waals surface area contributed by atoms with E-state index in [1.807, 2.05) is 19.1 Å². The lowest BCUT2D eigenvalue weighted by atomic mass is 10.0. The summed E-state index contributed by atoms with van der Waals surface area (Å²) in [4.78, 5) is 12.2. The molecule has 24 heavy (non-hydrogen) atoms. The molecule has 0 saturated heterocycles. The van der Waals surface area contributed by atoms with Crippen molar-refractivity contribution in [3.05, 3.63) is 23.8 Å². The number of amides is 1. The van der Waals surface area contributed by atoms with Crippen LogP contribution < -0.4 is 10.6 Å². The molecule has 0 aliphatic heterocycles. The summed E-state index contributed by atoms with van der Waals surface area (Å²) >= 11 is 0. The molecule has 3 rings (SSSR count). The molecule has 2 N–H and O–H groups in total. The molecule has 0 spiro atoms. The zero-order valence-electron chi connectivity index (χ0n) is 14.2. The highest BCUT2D eigenvalue weighted by molar-refractivity contribution is 7.92. The third-order valence-electron chi connectivity index (χ3n) is 4.88. The Kier molecular flexibility index (Phi) is 5.13. The molecule has 1 aromatic carbocycles. The Labute approximate surface area is 144 Å². The Morgan fingerprint density at radius 2 is 1.83 bits per heavy atom. The molecule has 2 fully saturated rings. The second-order valence-electron chi connectivity index (χ2n) is 6.98. The Balaban J connectivity index is 1.71. The molecular weight excluding hydrogens is 324 g/mol. The van der Waals surface area contributed by atoms with Crippen molar-refractivity contribution in [2.75, 3.05) is 11.9 Å². The number of hydrogen-bond donors (Lipinski definition) is 2. The molecule has 132 valence electrons. The van der Waals surface area contributed by atoms with Gasteiger partial charge in [-0.3, -0.25) is 4.79 Å². The smallest absolute Gasteiger partial charge is 0.239 e. The average molecular weight is 350 g/mol. The summed E-state index contributed by atoms with van der Waals surface area (Å²) in [5, 5.41) is 5.69. The molecular formula is C18H26N2O3S. The maximum absolute atomic E-state index is 12.9. The highest BCUT2D eigenvalue weighted by Crippen LogP contribution is 2.31.